The lowest BCUT2D eigenvalue weighted by molar-refractivity contribution is -0.0455. The molecule has 2 N–H and O–H groups in total. The maximum atomic E-state index is 5.86. The molecule has 17 heavy (non-hydrogen) atoms. The lowest BCUT2D eigenvalue weighted by Crippen LogP contribution is -2.49. The van der Waals surface area contributed by atoms with Crippen LogP contribution in [0.25, 0.3) is 0 Å². The Morgan fingerprint density at radius 2 is 2.24 bits per heavy atom. The lowest BCUT2D eigenvalue weighted by Gasteiger charge is -2.36. The van der Waals surface area contributed by atoms with Gasteiger partial charge in [0.1, 0.15) is 0 Å². The van der Waals surface area contributed by atoms with Crippen molar-refractivity contribution in [3.63, 3.8) is 0 Å². The molecule has 0 aromatic carbocycles. The Bertz CT molecular complexity index is 199. The quantitative estimate of drug-likeness (QED) is 0.717. The zero-order valence-electron chi connectivity index (χ0n) is 11.7. The number of nitrogens with two attached hydrogens (primary N) is 1. The molecule has 0 bridgehead atoms. The van der Waals surface area contributed by atoms with E-state index in [1.165, 1.54) is 0 Å². The standard InChI is InChI=1S/C13H29N3O/c1-4-15-8-9-17-13(10-15)11-16(12(2)3)7-5-6-14/h12-13H,4-11,14H2,1-3H3. The van der Waals surface area contributed by atoms with E-state index in [0.29, 0.717) is 12.1 Å². The van der Waals surface area contributed by atoms with Gasteiger partial charge < -0.3 is 10.5 Å². The van der Waals surface area contributed by atoms with Crippen molar-refractivity contribution in [3.8, 4) is 0 Å². The van der Waals surface area contributed by atoms with E-state index in [4.69, 9.17) is 10.5 Å². The fourth-order valence-corrected chi connectivity index (χ4v) is 2.29. The number of hydrogen-bond donors (Lipinski definition) is 1. The largest absolute Gasteiger partial charge is 0.374 e. The van der Waals surface area contributed by atoms with E-state index in [1.54, 1.807) is 0 Å². The van der Waals surface area contributed by atoms with E-state index in [9.17, 15) is 0 Å². The monoisotopic (exact) mass is 243 g/mol. The van der Waals surface area contributed by atoms with Crippen LogP contribution in [0.5, 0.6) is 0 Å². The van der Waals surface area contributed by atoms with E-state index in [1.807, 2.05) is 0 Å². The minimum atomic E-state index is 0.365. The Kier molecular flexibility index (Phi) is 7.04. The van der Waals surface area contributed by atoms with Crippen LogP contribution in [0.1, 0.15) is 27.2 Å². The molecule has 0 saturated carbocycles. The summed E-state index contributed by atoms with van der Waals surface area (Å²) in [4.78, 5) is 4.95. The van der Waals surface area contributed by atoms with E-state index >= 15 is 0 Å². The lowest BCUT2D eigenvalue weighted by atomic mass is 10.2. The van der Waals surface area contributed by atoms with Crippen molar-refractivity contribution in [2.45, 2.75) is 39.3 Å². The van der Waals surface area contributed by atoms with Gasteiger partial charge >= 0.3 is 0 Å². The zero-order valence-corrected chi connectivity index (χ0v) is 11.7. The summed E-state index contributed by atoms with van der Waals surface area (Å²) in [6.45, 7) is 13.8. The van der Waals surface area contributed by atoms with Gasteiger partial charge in [0.25, 0.3) is 0 Å². The molecule has 0 amide bonds. The van der Waals surface area contributed by atoms with Crippen molar-refractivity contribution in [1.82, 2.24) is 9.80 Å². The van der Waals surface area contributed by atoms with Gasteiger partial charge in [-0.25, -0.2) is 0 Å². The first-order valence-electron chi connectivity index (χ1n) is 6.95. The van der Waals surface area contributed by atoms with Crippen molar-refractivity contribution in [1.29, 1.82) is 0 Å². The highest BCUT2D eigenvalue weighted by Crippen LogP contribution is 2.09. The molecule has 1 fully saturated rings. The van der Waals surface area contributed by atoms with Crippen molar-refractivity contribution >= 4 is 0 Å². The normalized spacial score (nSPS) is 22.6. The van der Waals surface area contributed by atoms with Gasteiger partial charge in [-0.15, -0.1) is 0 Å². The van der Waals surface area contributed by atoms with E-state index in [0.717, 1.165) is 52.3 Å². The van der Waals surface area contributed by atoms with Crippen molar-refractivity contribution in [2.24, 2.45) is 5.73 Å². The molecule has 0 aromatic rings. The van der Waals surface area contributed by atoms with Crippen molar-refractivity contribution in [2.75, 3.05) is 45.9 Å². The zero-order chi connectivity index (χ0) is 12.7. The van der Waals surface area contributed by atoms with Crippen LogP contribution in [0.4, 0.5) is 0 Å². The number of morpholine rings is 1. The Balaban J connectivity index is 2.37. The number of hydrogen-bond acceptors (Lipinski definition) is 4. The summed E-state index contributed by atoms with van der Waals surface area (Å²) >= 11 is 0. The van der Waals surface area contributed by atoms with Crippen LogP contribution in [0.3, 0.4) is 0 Å². The average molecular weight is 243 g/mol. The van der Waals surface area contributed by atoms with Crippen LogP contribution in [-0.4, -0.2) is 67.8 Å². The third-order valence-corrected chi connectivity index (χ3v) is 3.49. The van der Waals surface area contributed by atoms with Gasteiger partial charge in [0.2, 0.25) is 0 Å². The fraction of sp³-hybridized carbons (Fsp3) is 1.00. The molecular formula is C13H29N3O. The molecule has 0 aliphatic carbocycles. The number of likely N-dealkylation sites (N-methyl/N-ethyl adjacent to an activating group) is 1. The molecule has 1 atom stereocenters. The molecule has 1 saturated heterocycles. The molecule has 1 aliphatic rings. The first-order chi connectivity index (χ1) is 8.17. The maximum absolute atomic E-state index is 5.86. The second-order valence-electron chi connectivity index (χ2n) is 5.12. The molecule has 1 aliphatic heterocycles. The molecule has 102 valence electrons. The maximum Gasteiger partial charge on any atom is 0.0829 e. The van der Waals surface area contributed by atoms with Gasteiger partial charge in [-0.2, -0.15) is 0 Å². The van der Waals surface area contributed by atoms with E-state index < -0.39 is 0 Å². The van der Waals surface area contributed by atoms with E-state index in [-0.39, 0.29) is 0 Å². The summed E-state index contributed by atoms with van der Waals surface area (Å²) in [5.74, 6) is 0. The summed E-state index contributed by atoms with van der Waals surface area (Å²) in [5, 5.41) is 0. The van der Waals surface area contributed by atoms with Crippen molar-refractivity contribution < 1.29 is 4.74 Å². The molecule has 4 heteroatoms. The predicted octanol–water partition coefficient (Wildman–Crippen LogP) is 0.766. The first-order valence-corrected chi connectivity index (χ1v) is 6.95. The molecule has 1 rings (SSSR count). The van der Waals surface area contributed by atoms with Gasteiger partial charge in [-0.05, 0) is 39.9 Å². The molecule has 0 radical (unpaired) electrons. The number of rotatable bonds is 7. The Hall–Kier alpha value is -0.160. The first kappa shape index (κ1) is 14.9. The van der Waals surface area contributed by atoms with Gasteiger partial charge in [0.05, 0.1) is 12.7 Å². The second kappa shape index (κ2) is 8.03. The Morgan fingerprint density at radius 3 is 2.82 bits per heavy atom. The molecule has 4 nitrogen and oxygen atoms in total. The Labute approximate surface area is 106 Å². The van der Waals surface area contributed by atoms with Crippen LogP contribution >= 0.6 is 0 Å². The predicted molar refractivity (Wildman–Crippen MR) is 72.2 cm³/mol. The number of nitrogens with zero attached hydrogens (tertiary/aromatic N) is 2. The average Bonchev–Trinajstić information content (AvgIpc) is 2.34. The molecule has 0 aromatic heterocycles. The highest BCUT2D eigenvalue weighted by atomic mass is 16.5. The van der Waals surface area contributed by atoms with Crippen LogP contribution in [0, 0.1) is 0 Å². The highest BCUT2D eigenvalue weighted by molar-refractivity contribution is 4.76. The minimum Gasteiger partial charge on any atom is -0.374 e. The van der Waals surface area contributed by atoms with Gasteiger partial charge in [0.15, 0.2) is 0 Å². The topological polar surface area (TPSA) is 41.7 Å². The van der Waals surface area contributed by atoms with Gasteiger partial charge in [-0.1, -0.05) is 6.92 Å². The molecule has 1 heterocycles. The highest BCUT2D eigenvalue weighted by Gasteiger charge is 2.22. The minimum absolute atomic E-state index is 0.365. The molecule has 0 spiro atoms. The van der Waals surface area contributed by atoms with Crippen LogP contribution in [0.2, 0.25) is 0 Å². The molecule has 1 unspecified atom stereocenters. The SMILES string of the molecule is CCN1CCOC(CN(CCCN)C(C)C)C1. The fourth-order valence-electron chi connectivity index (χ4n) is 2.29. The summed E-state index contributed by atoms with van der Waals surface area (Å²) < 4.78 is 5.86. The second-order valence-corrected chi connectivity index (χ2v) is 5.12. The summed E-state index contributed by atoms with van der Waals surface area (Å²) in [6.07, 6.45) is 1.44. The van der Waals surface area contributed by atoms with E-state index in [2.05, 4.69) is 30.6 Å². The smallest absolute Gasteiger partial charge is 0.0829 e. The number of ether oxygens (including phenoxy) is 1. The Morgan fingerprint density at radius 1 is 1.47 bits per heavy atom. The summed E-state index contributed by atoms with van der Waals surface area (Å²) in [5.41, 5.74) is 5.59. The van der Waals surface area contributed by atoms with Crippen LogP contribution in [-0.2, 0) is 4.74 Å². The van der Waals surface area contributed by atoms with Crippen LogP contribution < -0.4 is 5.73 Å². The van der Waals surface area contributed by atoms with Crippen LogP contribution in [0.15, 0.2) is 0 Å². The van der Waals surface area contributed by atoms with Crippen molar-refractivity contribution in [3.05, 3.63) is 0 Å². The molecular weight excluding hydrogens is 214 g/mol. The van der Waals surface area contributed by atoms with Gasteiger partial charge in [0, 0.05) is 25.7 Å². The third kappa shape index (κ3) is 5.34. The van der Waals surface area contributed by atoms with Gasteiger partial charge in [-0.3, -0.25) is 9.80 Å². The third-order valence-electron chi connectivity index (χ3n) is 3.49. The summed E-state index contributed by atoms with van der Waals surface area (Å²) in [7, 11) is 0. The summed E-state index contributed by atoms with van der Waals surface area (Å²) in [6, 6.07) is 0.571.